The smallest absolute Gasteiger partial charge is 0.244 e. The Morgan fingerprint density at radius 1 is 1.14 bits per heavy atom. The lowest BCUT2D eigenvalue weighted by molar-refractivity contribution is -0.117. The number of methoxy groups -OCH3 is 3. The largest absolute Gasteiger partial charge is 0.493 e. The number of aliphatic hydroxyl groups is 2. The highest BCUT2D eigenvalue weighted by atomic mass is 16.5. The maximum Gasteiger partial charge on any atom is 0.244 e. The molecule has 0 aliphatic rings. The molecule has 0 saturated carbocycles. The molecule has 7 heteroatoms. The molecular weight excluding hydrogens is 290 g/mol. The summed E-state index contributed by atoms with van der Waals surface area (Å²) < 4.78 is 15.7. The number of benzene rings is 1. The zero-order valence-electron chi connectivity index (χ0n) is 12.8. The Hall–Kier alpha value is -2.25. The summed E-state index contributed by atoms with van der Waals surface area (Å²) in [5, 5.41) is 20.3. The van der Waals surface area contributed by atoms with Crippen molar-refractivity contribution >= 4 is 12.0 Å². The van der Waals surface area contributed by atoms with Crippen LogP contribution in [-0.4, -0.2) is 56.7 Å². The highest BCUT2D eigenvalue weighted by Crippen LogP contribution is 2.38. The van der Waals surface area contributed by atoms with Crippen molar-refractivity contribution in [3.05, 3.63) is 23.8 Å². The Balaban J connectivity index is 2.93. The van der Waals surface area contributed by atoms with Gasteiger partial charge in [-0.05, 0) is 23.8 Å². The first-order chi connectivity index (χ1) is 10.6. The van der Waals surface area contributed by atoms with Gasteiger partial charge in [-0.25, -0.2) is 0 Å². The maximum absolute atomic E-state index is 11.7. The lowest BCUT2D eigenvalue weighted by Crippen LogP contribution is -2.39. The summed E-state index contributed by atoms with van der Waals surface area (Å²) in [6, 6.07) is 2.71. The monoisotopic (exact) mass is 311 g/mol. The van der Waals surface area contributed by atoms with Crippen LogP contribution in [-0.2, 0) is 4.79 Å². The first-order valence-corrected chi connectivity index (χ1v) is 6.59. The van der Waals surface area contributed by atoms with Crippen molar-refractivity contribution in [2.45, 2.75) is 6.04 Å². The molecule has 0 spiro atoms. The fourth-order valence-electron chi connectivity index (χ4n) is 1.77. The number of hydrogen-bond acceptors (Lipinski definition) is 6. The Morgan fingerprint density at radius 2 is 1.68 bits per heavy atom. The minimum absolute atomic E-state index is 0.333. The number of carbonyl (C=O) groups excluding carboxylic acids is 1. The number of aliphatic hydroxyl groups excluding tert-OH is 2. The van der Waals surface area contributed by atoms with Gasteiger partial charge in [0.15, 0.2) is 11.5 Å². The summed E-state index contributed by atoms with van der Waals surface area (Å²) in [4.78, 5) is 11.7. The van der Waals surface area contributed by atoms with E-state index >= 15 is 0 Å². The van der Waals surface area contributed by atoms with Crippen LogP contribution in [0.2, 0.25) is 0 Å². The predicted octanol–water partition coefficient (Wildman–Crippen LogP) is 0.195. The van der Waals surface area contributed by atoms with E-state index in [0.29, 0.717) is 22.8 Å². The van der Waals surface area contributed by atoms with Crippen LogP contribution < -0.4 is 19.5 Å². The quantitative estimate of drug-likeness (QED) is 0.593. The van der Waals surface area contributed by atoms with Crippen LogP contribution in [0.25, 0.3) is 6.08 Å². The number of hydrogen-bond donors (Lipinski definition) is 3. The van der Waals surface area contributed by atoms with Crippen LogP contribution in [0, 0.1) is 0 Å². The van der Waals surface area contributed by atoms with Gasteiger partial charge in [0.2, 0.25) is 11.7 Å². The molecule has 1 amide bonds. The molecule has 1 aromatic rings. The van der Waals surface area contributed by atoms with Gasteiger partial charge in [0, 0.05) is 6.08 Å². The van der Waals surface area contributed by atoms with E-state index in [9.17, 15) is 4.79 Å². The molecule has 0 aliphatic carbocycles. The van der Waals surface area contributed by atoms with E-state index in [1.165, 1.54) is 27.4 Å². The standard InChI is InChI=1S/C15H21NO6/c1-20-12-6-10(7-13(21-2)15(12)22-3)4-5-14(19)16-11(8-17)9-18/h4-7,11,17-18H,8-9H2,1-3H3,(H,16,19). The summed E-state index contributed by atoms with van der Waals surface area (Å²) in [6.07, 6.45) is 2.85. The van der Waals surface area contributed by atoms with Crippen LogP contribution >= 0.6 is 0 Å². The highest BCUT2D eigenvalue weighted by molar-refractivity contribution is 5.92. The van der Waals surface area contributed by atoms with Crippen LogP contribution in [0.4, 0.5) is 0 Å². The minimum Gasteiger partial charge on any atom is -0.493 e. The number of amides is 1. The Kier molecular flexibility index (Phi) is 7.21. The summed E-state index contributed by atoms with van der Waals surface area (Å²) in [5.41, 5.74) is 0.675. The van der Waals surface area contributed by atoms with E-state index in [1.807, 2.05) is 0 Å². The van der Waals surface area contributed by atoms with Crippen molar-refractivity contribution in [1.29, 1.82) is 0 Å². The molecule has 0 heterocycles. The molecule has 22 heavy (non-hydrogen) atoms. The maximum atomic E-state index is 11.7. The third-order valence-corrected chi connectivity index (χ3v) is 2.90. The fourth-order valence-corrected chi connectivity index (χ4v) is 1.77. The molecule has 0 fully saturated rings. The molecule has 0 atom stereocenters. The molecular formula is C15H21NO6. The molecule has 0 bridgehead atoms. The summed E-state index contributed by atoms with van der Waals surface area (Å²) >= 11 is 0. The number of rotatable bonds is 8. The first kappa shape index (κ1) is 17.8. The molecule has 3 N–H and O–H groups in total. The van der Waals surface area contributed by atoms with Gasteiger partial charge in [-0.3, -0.25) is 4.79 Å². The Bertz CT molecular complexity index is 500. The van der Waals surface area contributed by atoms with Crippen LogP contribution in [0.1, 0.15) is 5.56 Å². The third kappa shape index (κ3) is 4.64. The molecule has 0 aromatic heterocycles. The van der Waals surface area contributed by atoms with E-state index in [4.69, 9.17) is 24.4 Å². The molecule has 1 rings (SSSR count). The topological polar surface area (TPSA) is 97.3 Å². The second kappa shape index (κ2) is 8.91. The Morgan fingerprint density at radius 3 is 2.09 bits per heavy atom. The number of ether oxygens (including phenoxy) is 3. The van der Waals surface area contributed by atoms with Gasteiger partial charge in [-0.15, -0.1) is 0 Å². The van der Waals surface area contributed by atoms with Gasteiger partial charge in [-0.2, -0.15) is 0 Å². The van der Waals surface area contributed by atoms with Crippen molar-refractivity contribution < 1.29 is 29.2 Å². The second-order valence-corrected chi connectivity index (χ2v) is 4.36. The van der Waals surface area contributed by atoms with E-state index in [2.05, 4.69) is 5.32 Å². The molecule has 0 radical (unpaired) electrons. The normalized spacial score (nSPS) is 10.8. The number of nitrogens with one attached hydrogen (secondary N) is 1. The van der Waals surface area contributed by atoms with E-state index < -0.39 is 11.9 Å². The van der Waals surface area contributed by atoms with Crippen molar-refractivity contribution in [1.82, 2.24) is 5.32 Å². The van der Waals surface area contributed by atoms with Gasteiger partial charge in [-0.1, -0.05) is 0 Å². The molecule has 0 unspecified atom stereocenters. The van der Waals surface area contributed by atoms with Crippen LogP contribution in [0.15, 0.2) is 18.2 Å². The predicted molar refractivity (Wildman–Crippen MR) is 81.2 cm³/mol. The van der Waals surface area contributed by atoms with Crippen molar-refractivity contribution in [3.8, 4) is 17.2 Å². The fraction of sp³-hybridized carbons (Fsp3) is 0.400. The van der Waals surface area contributed by atoms with Crippen molar-refractivity contribution in [2.75, 3.05) is 34.5 Å². The SMILES string of the molecule is COc1cc(C=CC(=O)NC(CO)CO)cc(OC)c1OC. The Labute approximate surface area is 129 Å². The first-order valence-electron chi connectivity index (χ1n) is 6.59. The molecule has 1 aromatic carbocycles. The van der Waals surface area contributed by atoms with Crippen LogP contribution in [0.3, 0.4) is 0 Å². The van der Waals surface area contributed by atoms with Crippen molar-refractivity contribution in [2.24, 2.45) is 0 Å². The van der Waals surface area contributed by atoms with Gasteiger partial charge >= 0.3 is 0 Å². The molecule has 0 aliphatic heterocycles. The zero-order valence-corrected chi connectivity index (χ0v) is 12.8. The van der Waals surface area contributed by atoms with Gasteiger partial charge in [0.05, 0.1) is 40.6 Å². The second-order valence-electron chi connectivity index (χ2n) is 4.36. The molecule has 122 valence electrons. The molecule has 7 nitrogen and oxygen atoms in total. The highest BCUT2D eigenvalue weighted by Gasteiger charge is 2.12. The lowest BCUT2D eigenvalue weighted by Gasteiger charge is -2.13. The van der Waals surface area contributed by atoms with E-state index in [0.717, 1.165) is 0 Å². The lowest BCUT2D eigenvalue weighted by atomic mass is 10.1. The van der Waals surface area contributed by atoms with Crippen molar-refractivity contribution in [3.63, 3.8) is 0 Å². The molecule has 0 saturated heterocycles. The summed E-state index contributed by atoms with van der Waals surface area (Å²) in [7, 11) is 4.52. The average molecular weight is 311 g/mol. The summed E-state index contributed by atoms with van der Waals surface area (Å²) in [6.45, 7) is -0.666. The van der Waals surface area contributed by atoms with Crippen LogP contribution in [0.5, 0.6) is 17.2 Å². The third-order valence-electron chi connectivity index (χ3n) is 2.90. The average Bonchev–Trinajstić information content (AvgIpc) is 2.56. The van der Waals surface area contributed by atoms with E-state index in [-0.39, 0.29) is 13.2 Å². The van der Waals surface area contributed by atoms with Gasteiger partial charge in [0.1, 0.15) is 0 Å². The minimum atomic E-state index is -0.683. The number of carbonyl (C=O) groups is 1. The van der Waals surface area contributed by atoms with Gasteiger partial charge in [0.25, 0.3) is 0 Å². The summed E-state index contributed by atoms with van der Waals surface area (Å²) in [5.74, 6) is 0.991. The zero-order chi connectivity index (χ0) is 16.5. The van der Waals surface area contributed by atoms with Gasteiger partial charge < -0.3 is 29.7 Å². The van der Waals surface area contributed by atoms with E-state index in [1.54, 1.807) is 18.2 Å².